The van der Waals surface area contributed by atoms with Crippen molar-refractivity contribution in [3.8, 4) is 0 Å². The molecular weight excluding hydrogens is 400 g/mol. The summed E-state index contributed by atoms with van der Waals surface area (Å²) in [5.74, 6) is 3.47. The number of carbonyl (C=O) groups is 1. The molecule has 8 nitrogen and oxygen atoms in total. The van der Waals surface area contributed by atoms with Crippen LogP contribution in [0, 0.1) is 5.92 Å². The number of amides is 1. The van der Waals surface area contributed by atoms with Gasteiger partial charge in [0.25, 0.3) is 0 Å². The fourth-order valence-corrected chi connectivity index (χ4v) is 5.19. The normalized spacial score (nSPS) is 21.6. The molecule has 0 aliphatic carbocycles. The van der Waals surface area contributed by atoms with Crippen LogP contribution in [0.5, 0.6) is 0 Å². The van der Waals surface area contributed by atoms with E-state index in [2.05, 4.69) is 30.0 Å². The molecule has 1 amide bonds. The first-order valence-electron chi connectivity index (χ1n) is 11.3. The third kappa shape index (κ3) is 5.98. The topological polar surface area (TPSA) is 73.8 Å². The van der Waals surface area contributed by atoms with Crippen LogP contribution in [-0.4, -0.2) is 97.9 Å². The maximum atomic E-state index is 12.5. The molecule has 0 radical (unpaired) electrons. The van der Waals surface area contributed by atoms with Crippen molar-refractivity contribution in [1.29, 1.82) is 0 Å². The second-order valence-corrected chi connectivity index (χ2v) is 9.43. The smallest absolute Gasteiger partial charge is 0.225 e. The van der Waals surface area contributed by atoms with Gasteiger partial charge in [-0.25, -0.2) is 9.97 Å². The Kier molecular flexibility index (Phi) is 8.05. The average molecular weight is 435 g/mol. The summed E-state index contributed by atoms with van der Waals surface area (Å²) in [6.45, 7) is 9.29. The van der Waals surface area contributed by atoms with E-state index >= 15 is 0 Å². The van der Waals surface area contributed by atoms with Crippen LogP contribution in [0.1, 0.15) is 19.3 Å². The van der Waals surface area contributed by atoms with E-state index in [0.717, 1.165) is 108 Å². The number of rotatable bonds is 7. The molecule has 1 aromatic rings. The van der Waals surface area contributed by atoms with Crippen molar-refractivity contribution >= 4 is 29.3 Å². The number of nitrogens with zero attached hydrogens (tertiary/aromatic N) is 5. The molecule has 3 saturated heterocycles. The van der Waals surface area contributed by atoms with Gasteiger partial charge in [-0.1, -0.05) is 0 Å². The number of hydrogen-bond donors (Lipinski definition) is 1. The number of carbonyl (C=O) groups excluding carboxylic acids is 1. The fraction of sp³-hybridized carbons (Fsp3) is 0.762. The lowest BCUT2D eigenvalue weighted by atomic mass is 9.95. The third-order valence-corrected chi connectivity index (χ3v) is 7.15. The van der Waals surface area contributed by atoms with Crippen molar-refractivity contribution in [2.45, 2.75) is 19.3 Å². The summed E-state index contributed by atoms with van der Waals surface area (Å²) in [5, 5.41) is 3.14. The molecule has 4 heterocycles. The van der Waals surface area contributed by atoms with Crippen LogP contribution in [0.2, 0.25) is 0 Å². The predicted octanol–water partition coefficient (Wildman–Crippen LogP) is 1.08. The first-order valence-corrected chi connectivity index (χ1v) is 12.4. The highest BCUT2D eigenvalue weighted by Crippen LogP contribution is 2.24. The summed E-state index contributed by atoms with van der Waals surface area (Å²) in [7, 11) is 0. The van der Waals surface area contributed by atoms with Crippen molar-refractivity contribution in [3.05, 3.63) is 12.4 Å². The second kappa shape index (κ2) is 11.2. The number of aromatic nitrogens is 2. The zero-order valence-electron chi connectivity index (χ0n) is 17.8. The molecule has 0 bridgehead atoms. The first-order chi connectivity index (χ1) is 14.8. The Morgan fingerprint density at radius 3 is 2.43 bits per heavy atom. The SMILES string of the molecule is O=C(NCCCN1CCOCC1)C1CCN(c2cnc(N3CCSCC3)nc2)CC1. The van der Waals surface area contributed by atoms with E-state index in [-0.39, 0.29) is 11.8 Å². The predicted molar refractivity (Wildman–Crippen MR) is 121 cm³/mol. The van der Waals surface area contributed by atoms with E-state index in [0.29, 0.717) is 0 Å². The number of ether oxygens (including phenoxy) is 1. The monoisotopic (exact) mass is 434 g/mol. The second-order valence-electron chi connectivity index (χ2n) is 8.20. The summed E-state index contributed by atoms with van der Waals surface area (Å²) in [5.41, 5.74) is 1.06. The molecule has 3 aliphatic rings. The highest BCUT2D eigenvalue weighted by Gasteiger charge is 2.25. The van der Waals surface area contributed by atoms with Gasteiger partial charge >= 0.3 is 0 Å². The lowest BCUT2D eigenvalue weighted by molar-refractivity contribution is -0.125. The Hall–Kier alpha value is -1.58. The summed E-state index contributed by atoms with van der Waals surface area (Å²) < 4.78 is 5.37. The molecule has 1 aromatic heterocycles. The van der Waals surface area contributed by atoms with Gasteiger partial charge in [0.05, 0.1) is 31.3 Å². The molecule has 30 heavy (non-hydrogen) atoms. The molecule has 1 N–H and O–H groups in total. The van der Waals surface area contributed by atoms with Crippen LogP contribution >= 0.6 is 11.8 Å². The molecule has 0 atom stereocenters. The van der Waals surface area contributed by atoms with Gasteiger partial charge in [-0.15, -0.1) is 0 Å². The quantitative estimate of drug-likeness (QED) is 0.640. The molecule has 9 heteroatoms. The maximum absolute atomic E-state index is 12.5. The molecule has 3 aliphatic heterocycles. The van der Waals surface area contributed by atoms with E-state index in [9.17, 15) is 4.79 Å². The van der Waals surface area contributed by atoms with Gasteiger partial charge in [0.15, 0.2) is 0 Å². The van der Waals surface area contributed by atoms with Gasteiger partial charge in [0.2, 0.25) is 11.9 Å². The van der Waals surface area contributed by atoms with Crippen LogP contribution in [0.15, 0.2) is 12.4 Å². The van der Waals surface area contributed by atoms with Gasteiger partial charge in [-0.05, 0) is 25.8 Å². The van der Waals surface area contributed by atoms with E-state index in [1.54, 1.807) is 0 Å². The van der Waals surface area contributed by atoms with Crippen LogP contribution in [0.25, 0.3) is 0 Å². The Labute approximate surface area is 183 Å². The van der Waals surface area contributed by atoms with Crippen LogP contribution in [-0.2, 0) is 9.53 Å². The van der Waals surface area contributed by atoms with Crippen molar-refractivity contribution in [3.63, 3.8) is 0 Å². The molecular formula is C21H34N6O2S. The zero-order chi connectivity index (χ0) is 20.6. The molecule has 0 spiro atoms. The summed E-state index contributed by atoms with van der Waals surface area (Å²) >= 11 is 1.99. The molecule has 0 unspecified atom stereocenters. The van der Waals surface area contributed by atoms with Gasteiger partial charge in [-0.2, -0.15) is 11.8 Å². The standard InChI is InChI=1S/C21H34N6O2S/c28-20(22-4-1-5-25-8-12-29-13-9-25)18-2-6-26(7-3-18)19-16-23-21(24-17-19)27-10-14-30-15-11-27/h16-18H,1-15H2,(H,22,28). The van der Waals surface area contributed by atoms with E-state index in [4.69, 9.17) is 4.74 Å². The molecule has 166 valence electrons. The first kappa shape index (κ1) is 21.6. The zero-order valence-corrected chi connectivity index (χ0v) is 18.6. The Morgan fingerprint density at radius 2 is 1.73 bits per heavy atom. The molecule has 0 saturated carbocycles. The van der Waals surface area contributed by atoms with Crippen LogP contribution in [0.3, 0.4) is 0 Å². The Morgan fingerprint density at radius 1 is 1.03 bits per heavy atom. The van der Waals surface area contributed by atoms with Gasteiger partial charge < -0.3 is 19.9 Å². The minimum atomic E-state index is 0.121. The maximum Gasteiger partial charge on any atom is 0.225 e. The average Bonchev–Trinajstić information content (AvgIpc) is 2.83. The van der Waals surface area contributed by atoms with Gasteiger partial charge in [-0.3, -0.25) is 9.69 Å². The van der Waals surface area contributed by atoms with E-state index in [1.165, 1.54) is 0 Å². The number of anilines is 2. The van der Waals surface area contributed by atoms with Gasteiger partial charge in [0.1, 0.15) is 0 Å². The fourth-order valence-electron chi connectivity index (χ4n) is 4.29. The Balaban J connectivity index is 1.15. The molecule has 3 fully saturated rings. The minimum Gasteiger partial charge on any atom is -0.379 e. The van der Waals surface area contributed by atoms with Crippen molar-refractivity contribution in [1.82, 2.24) is 20.2 Å². The van der Waals surface area contributed by atoms with Crippen molar-refractivity contribution in [2.75, 3.05) is 86.9 Å². The summed E-state index contributed by atoms with van der Waals surface area (Å²) in [6, 6.07) is 0. The van der Waals surface area contributed by atoms with Crippen LogP contribution < -0.4 is 15.1 Å². The molecule has 4 rings (SSSR count). The Bertz CT molecular complexity index is 656. The largest absolute Gasteiger partial charge is 0.379 e. The van der Waals surface area contributed by atoms with Gasteiger partial charge in [0, 0.05) is 63.2 Å². The lowest BCUT2D eigenvalue weighted by Crippen LogP contribution is -2.42. The van der Waals surface area contributed by atoms with Crippen molar-refractivity contribution in [2.24, 2.45) is 5.92 Å². The lowest BCUT2D eigenvalue weighted by Gasteiger charge is -2.33. The van der Waals surface area contributed by atoms with E-state index < -0.39 is 0 Å². The number of piperidine rings is 1. The summed E-state index contributed by atoms with van der Waals surface area (Å²) in [4.78, 5) is 28.7. The highest BCUT2D eigenvalue weighted by atomic mass is 32.2. The number of morpholine rings is 1. The third-order valence-electron chi connectivity index (χ3n) is 6.20. The number of nitrogens with one attached hydrogen (secondary N) is 1. The number of thioether (sulfide) groups is 1. The van der Waals surface area contributed by atoms with Crippen molar-refractivity contribution < 1.29 is 9.53 Å². The highest BCUT2D eigenvalue weighted by molar-refractivity contribution is 7.99. The minimum absolute atomic E-state index is 0.121. The summed E-state index contributed by atoms with van der Waals surface area (Å²) in [6.07, 6.45) is 6.66. The van der Waals surface area contributed by atoms with E-state index in [1.807, 2.05) is 24.2 Å². The van der Waals surface area contributed by atoms with Crippen LogP contribution in [0.4, 0.5) is 11.6 Å². The number of hydrogen-bond acceptors (Lipinski definition) is 8. The molecule has 0 aromatic carbocycles.